The van der Waals surface area contributed by atoms with Crippen LogP contribution in [0.15, 0.2) is 0 Å². The highest BCUT2D eigenvalue weighted by atomic mass is 15.2. The van der Waals surface area contributed by atoms with Crippen molar-refractivity contribution in [3.63, 3.8) is 0 Å². The monoisotopic (exact) mass is 292 g/mol. The quantitative estimate of drug-likeness (QED) is 0.553. The standard InChI is InChI=1S/C19H36N2/c1-5-6-14(2)7-16(21-20)19-10-15-8-17(3,12-19)11-18(4,9-15)13-19/h14-16,21H,5-13,20H2,1-4H3. The molecule has 0 saturated heterocycles. The van der Waals surface area contributed by atoms with Gasteiger partial charge in [0.15, 0.2) is 0 Å². The van der Waals surface area contributed by atoms with Gasteiger partial charge in [-0.15, -0.1) is 0 Å². The minimum Gasteiger partial charge on any atom is -0.271 e. The average molecular weight is 293 g/mol. The van der Waals surface area contributed by atoms with Crippen LogP contribution in [0.25, 0.3) is 0 Å². The maximum absolute atomic E-state index is 6.07. The first-order valence-corrected chi connectivity index (χ1v) is 9.28. The van der Waals surface area contributed by atoms with Crippen LogP contribution in [0.3, 0.4) is 0 Å². The first-order valence-electron chi connectivity index (χ1n) is 9.28. The summed E-state index contributed by atoms with van der Waals surface area (Å²) in [5.74, 6) is 7.84. The molecule has 4 aliphatic carbocycles. The summed E-state index contributed by atoms with van der Waals surface area (Å²) < 4.78 is 0. The van der Waals surface area contributed by atoms with Gasteiger partial charge in [0.05, 0.1) is 0 Å². The molecule has 2 heteroatoms. The molecule has 0 heterocycles. The number of rotatable bonds is 6. The Bertz CT molecular complexity index is 373. The summed E-state index contributed by atoms with van der Waals surface area (Å²) in [6.45, 7) is 9.84. The first-order chi connectivity index (χ1) is 9.82. The topological polar surface area (TPSA) is 38.0 Å². The molecule has 4 atom stereocenters. The molecule has 0 spiro atoms. The highest BCUT2D eigenvalue weighted by molar-refractivity contribution is 5.13. The van der Waals surface area contributed by atoms with Crippen LogP contribution in [0.2, 0.25) is 0 Å². The van der Waals surface area contributed by atoms with E-state index >= 15 is 0 Å². The normalized spacial score (nSPS) is 47.6. The molecule has 122 valence electrons. The van der Waals surface area contributed by atoms with E-state index < -0.39 is 0 Å². The molecule has 4 saturated carbocycles. The van der Waals surface area contributed by atoms with Crippen molar-refractivity contribution in [1.82, 2.24) is 5.43 Å². The molecular formula is C19H36N2. The number of hydrogen-bond acceptors (Lipinski definition) is 2. The number of hydrogen-bond donors (Lipinski definition) is 2. The molecule has 0 aliphatic heterocycles. The second-order valence-corrected chi connectivity index (χ2v) is 9.84. The second kappa shape index (κ2) is 5.23. The van der Waals surface area contributed by atoms with Crippen LogP contribution in [0, 0.1) is 28.1 Å². The highest BCUT2D eigenvalue weighted by Gasteiger charge is 2.61. The van der Waals surface area contributed by atoms with Crippen molar-refractivity contribution in [2.45, 2.75) is 91.5 Å². The van der Waals surface area contributed by atoms with Crippen molar-refractivity contribution in [2.75, 3.05) is 0 Å². The van der Waals surface area contributed by atoms with Crippen LogP contribution in [0.5, 0.6) is 0 Å². The van der Waals surface area contributed by atoms with E-state index in [4.69, 9.17) is 5.84 Å². The average Bonchev–Trinajstić information content (AvgIpc) is 2.31. The molecule has 4 aliphatic rings. The van der Waals surface area contributed by atoms with Crippen molar-refractivity contribution in [3.8, 4) is 0 Å². The molecular weight excluding hydrogens is 256 g/mol. The predicted octanol–water partition coefficient (Wildman–Crippen LogP) is 4.64. The van der Waals surface area contributed by atoms with Gasteiger partial charge in [-0.1, -0.05) is 40.5 Å². The fourth-order valence-corrected chi connectivity index (χ4v) is 7.43. The number of nitrogens with one attached hydrogen (secondary N) is 1. The van der Waals surface area contributed by atoms with Gasteiger partial charge in [-0.2, -0.15) is 0 Å². The molecule has 4 fully saturated rings. The van der Waals surface area contributed by atoms with E-state index in [2.05, 4.69) is 33.1 Å². The van der Waals surface area contributed by atoms with Gasteiger partial charge in [0.2, 0.25) is 0 Å². The van der Waals surface area contributed by atoms with Gasteiger partial charge in [0.1, 0.15) is 0 Å². The lowest BCUT2D eigenvalue weighted by Crippen LogP contribution is -2.62. The van der Waals surface area contributed by atoms with Gasteiger partial charge in [0.25, 0.3) is 0 Å². The lowest BCUT2D eigenvalue weighted by atomic mass is 9.39. The third-order valence-electron chi connectivity index (χ3n) is 7.03. The Morgan fingerprint density at radius 2 is 1.71 bits per heavy atom. The predicted molar refractivity (Wildman–Crippen MR) is 89.6 cm³/mol. The van der Waals surface area contributed by atoms with Crippen LogP contribution in [0.1, 0.15) is 85.5 Å². The summed E-state index contributed by atoms with van der Waals surface area (Å²) in [7, 11) is 0. The zero-order valence-corrected chi connectivity index (χ0v) is 14.7. The Morgan fingerprint density at radius 3 is 2.19 bits per heavy atom. The summed E-state index contributed by atoms with van der Waals surface area (Å²) in [6, 6.07) is 0.529. The SMILES string of the molecule is CCCC(C)CC(NN)C12CC3CC(C)(CC(C)(C3)C1)C2. The Balaban J connectivity index is 1.82. The van der Waals surface area contributed by atoms with Crippen LogP contribution in [-0.4, -0.2) is 6.04 Å². The highest BCUT2D eigenvalue weighted by Crippen LogP contribution is 2.70. The van der Waals surface area contributed by atoms with Crippen LogP contribution < -0.4 is 11.3 Å². The fraction of sp³-hybridized carbons (Fsp3) is 1.00. The van der Waals surface area contributed by atoms with Crippen LogP contribution in [0.4, 0.5) is 0 Å². The minimum atomic E-state index is 0.486. The molecule has 4 unspecified atom stereocenters. The van der Waals surface area contributed by atoms with Gasteiger partial charge in [0, 0.05) is 6.04 Å². The van der Waals surface area contributed by atoms with Gasteiger partial charge >= 0.3 is 0 Å². The van der Waals surface area contributed by atoms with Gasteiger partial charge in [-0.05, 0) is 73.0 Å². The van der Waals surface area contributed by atoms with Gasteiger partial charge in [-0.3, -0.25) is 11.3 Å². The zero-order chi connectivity index (χ0) is 15.3. The molecule has 0 aromatic carbocycles. The molecule has 4 bridgehead atoms. The van der Waals surface area contributed by atoms with Crippen molar-refractivity contribution in [3.05, 3.63) is 0 Å². The summed E-state index contributed by atoms with van der Waals surface area (Å²) in [6.07, 6.45) is 12.6. The van der Waals surface area contributed by atoms with Crippen molar-refractivity contribution in [1.29, 1.82) is 0 Å². The molecule has 0 amide bonds. The summed E-state index contributed by atoms with van der Waals surface area (Å²) in [5, 5.41) is 0. The molecule has 0 radical (unpaired) electrons. The van der Waals surface area contributed by atoms with E-state index in [0.29, 0.717) is 22.3 Å². The lowest BCUT2D eigenvalue weighted by Gasteiger charge is -2.67. The smallest absolute Gasteiger partial charge is 0.0269 e. The molecule has 3 N–H and O–H groups in total. The molecule has 2 nitrogen and oxygen atoms in total. The summed E-state index contributed by atoms with van der Waals surface area (Å²) in [5.41, 5.74) is 4.96. The van der Waals surface area contributed by atoms with E-state index in [1.54, 1.807) is 0 Å². The molecule has 4 rings (SSSR count). The second-order valence-electron chi connectivity index (χ2n) is 9.84. The summed E-state index contributed by atoms with van der Waals surface area (Å²) >= 11 is 0. The lowest BCUT2D eigenvalue weighted by molar-refractivity contribution is -0.159. The minimum absolute atomic E-state index is 0.486. The Labute approximate surface area is 131 Å². The van der Waals surface area contributed by atoms with E-state index in [-0.39, 0.29) is 0 Å². The third-order valence-corrected chi connectivity index (χ3v) is 7.03. The Kier molecular flexibility index (Phi) is 3.94. The Morgan fingerprint density at radius 1 is 1.10 bits per heavy atom. The third kappa shape index (κ3) is 2.79. The van der Waals surface area contributed by atoms with E-state index in [1.165, 1.54) is 57.8 Å². The summed E-state index contributed by atoms with van der Waals surface area (Å²) in [4.78, 5) is 0. The molecule has 0 aromatic rings. The van der Waals surface area contributed by atoms with Gasteiger partial charge in [-0.25, -0.2) is 0 Å². The van der Waals surface area contributed by atoms with E-state index in [0.717, 1.165) is 11.8 Å². The van der Waals surface area contributed by atoms with E-state index in [9.17, 15) is 0 Å². The first kappa shape index (κ1) is 15.8. The largest absolute Gasteiger partial charge is 0.271 e. The van der Waals surface area contributed by atoms with Crippen LogP contribution >= 0.6 is 0 Å². The Hall–Kier alpha value is -0.0800. The van der Waals surface area contributed by atoms with Crippen molar-refractivity contribution >= 4 is 0 Å². The molecule has 0 aromatic heterocycles. The van der Waals surface area contributed by atoms with E-state index in [1.807, 2.05) is 0 Å². The van der Waals surface area contributed by atoms with Gasteiger partial charge < -0.3 is 0 Å². The maximum atomic E-state index is 6.07. The van der Waals surface area contributed by atoms with Crippen molar-refractivity contribution < 1.29 is 0 Å². The number of hydrazine groups is 1. The zero-order valence-electron chi connectivity index (χ0n) is 14.7. The van der Waals surface area contributed by atoms with Crippen molar-refractivity contribution in [2.24, 2.45) is 33.9 Å². The molecule has 21 heavy (non-hydrogen) atoms. The maximum Gasteiger partial charge on any atom is 0.0269 e. The fourth-order valence-electron chi connectivity index (χ4n) is 7.43. The van der Waals surface area contributed by atoms with Crippen LogP contribution in [-0.2, 0) is 0 Å². The number of nitrogens with two attached hydrogens (primary N) is 1.